The highest BCUT2D eigenvalue weighted by Crippen LogP contribution is 2.38. The third-order valence-electron chi connectivity index (χ3n) is 9.55. The Morgan fingerprint density at radius 3 is 2.58 bits per heavy atom. The number of rotatable bonds is 7. The number of aromatic nitrogens is 2. The molecule has 2 atom stereocenters. The monoisotopic (exact) mass is 596 g/mol. The van der Waals surface area contributed by atoms with Crippen molar-refractivity contribution in [2.75, 3.05) is 19.6 Å². The van der Waals surface area contributed by atoms with Gasteiger partial charge in [0.05, 0.1) is 10.9 Å². The van der Waals surface area contributed by atoms with Crippen molar-refractivity contribution in [3.8, 4) is 11.1 Å². The first kappa shape index (κ1) is 29.8. The van der Waals surface area contributed by atoms with Gasteiger partial charge in [0.25, 0.3) is 5.91 Å². The SMILES string of the molecule is Cc1[nH]c(=O)ccc1-c1ccc([C@@H](CCN2CCCCC2)NC(=O)c2cc3cc4c(nc3s2)CC[C@H](C(C)(C)C)C4)cc1. The van der Waals surface area contributed by atoms with Crippen LogP contribution in [0.3, 0.4) is 0 Å². The summed E-state index contributed by atoms with van der Waals surface area (Å²) >= 11 is 1.51. The molecule has 43 heavy (non-hydrogen) atoms. The largest absolute Gasteiger partial charge is 0.344 e. The number of aromatic amines is 1. The van der Waals surface area contributed by atoms with Gasteiger partial charge in [-0.3, -0.25) is 9.59 Å². The lowest BCUT2D eigenvalue weighted by atomic mass is 9.71. The van der Waals surface area contributed by atoms with Crippen molar-refractivity contribution in [3.63, 3.8) is 0 Å². The Labute approximate surface area is 258 Å². The number of aryl methyl sites for hydroxylation is 2. The number of H-pyrrole nitrogens is 1. The standard InChI is InChI=1S/C36H44N4O2S/c1-23-29(13-15-33(41)37-23)24-8-10-25(11-9-24)31(16-19-40-17-6-5-7-18-40)38-34(42)32-22-27-20-26-21-28(36(2,3)4)12-14-30(26)39-35(27)43-32/h8-11,13,15,20,22,28,31H,5-7,12,14,16-19,21H2,1-4H3,(H,37,41)(H,38,42)/t28-,31+/m0/s1. The van der Waals surface area contributed by atoms with Gasteiger partial charge in [0.2, 0.25) is 5.56 Å². The lowest BCUT2D eigenvalue weighted by Gasteiger charge is -2.34. The first-order valence-electron chi connectivity index (χ1n) is 15.9. The highest BCUT2D eigenvalue weighted by molar-refractivity contribution is 7.20. The van der Waals surface area contributed by atoms with E-state index in [9.17, 15) is 9.59 Å². The third-order valence-corrected chi connectivity index (χ3v) is 10.6. The highest BCUT2D eigenvalue weighted by atomic mass is 32.1. The summed E-state index contributed by atoms with van der Waals surface area (Å²) in [5, 5.41) is 4.47. The molecule has 1 aliphatic heterocycles. The Morgan fingerprint density at radius 2 is 1.86 bits per heavy atom. The van der Waals surface area contributed by atoms with Gasteiger partial charge in [-0.05, 0) is 105 Å². The number of carbonyl (C=O) groups excluding carboxylic acids is 1. The van der Waals surface area contributed by atoms with Gasteiger partial charge < -0.3 is 15.2 Å². The number of benzene rings is 1. The molecular weight excluding hydrogens is 552 g/mol. The van der Waals surface area contributed by atoms with E-state index in [4.69, 9.17) is 4.98 Å². The maximum atomic E-state index is 13.7. The summed E-state index contributed by atoms with van der Waals surface area (Å²) in [4.78, 5) is 37.6. The van der Waals surface area contributed by atoms with Crippen molar-refractivity contribution in [2.24, 2.45) is 11.3 Å². The molecule has 0 spiro atoms. The Kier molecular flexibility index (Phi) is 8.56. The number of amides is 1. The van der Waals surface area contributed by atoms with Gasteiger partial charge in [0.1, 0.15) is 4.83 Å². The van der Waals surface area contributed by atoms with E-state index in [1.165, 1.54) is 48.3 Å². The maximum Gasteiger partial charge on any atom is 0.261 e. The van der Waals surface area contributed by atoms with E-state index < -0.39 is 0 Å². The van der Waals surface area contributed by atoms with Crippen LogP contribution in [-0.4, -0.2) is 40.4 Å². The number of carbonyl (C=O) groups is 1. The minimum atomic E-state index is -0.0981. The number of pyridine rings is 2. The van der Waals surface area contributed by atoms with Crippen LogP contribution >= 0.6 is 11.3 Å². The van der Waals surface area contributed by atoms with E-state index in [2.05, 4.69) is 66.3 Å². The molecule has 1 aromatic carbocycles. The summed E-state index contributed by atoms with van der Waals surface area (Å²) in [5.41, 5.74) is 6.75. The fourth-order valence-electron chi connectivity index (χ4n) is 6.81. The number of thiophene rings is 1. The second-order valence-electron chi connectivity index (χ2n) is 13.6. The van der Waals surface area contributed by atoms with Crippen LogP contribution in [0.25, 0.3) is 21.3 Å². The Balaban J connectivity index is 1.23. The van der Waals surface area contributed by atoms with Gasteiger partial charge in [0, 0.05) is 34.9 Å². The molecule has 0 radical (unpaired) electrons. The number of fused-ring (bicyclic) bond motifs is 2. The molecule has 2 N–H and O–H groups in total. The molecule has 1 fully saturated rings. The van der Waals surface area contributed by atoms with Gasteiger partial charge in [-0.25, -0.2) is 4.98 Å². The van der Waals surface area contributed by atoms with Gasteiger partial charge in [-0.15, -0.1) is 11.3 Å². The van der Waals surface area contributed by atoms with Crippen molar-refractivity contribution in [2.45, 2.75) is 78.7 Å². The fourth-order valence-corrected chi connectivity index (χ4v) is 7.74. The van der Waals surface area contributed by atoms with Crippen LogP contribution in [0, 0.1) is 18.3 Å². The minimum Gasteiger partial charge on any atom is -0.344 e. The maximum absolute atomic E-state index is 13.7. The van der Waals surface area contributed by atoms with Crippen LogP contribution in [0.15, 0.2) is 53.3 Å². The number of hydrogen-bond donors (Lipinski definition) is 2. The van der Waals surface area contributed by atoms with Crippen LogP contribution in [0.1, 0.15) is 91.1 Å². The molecule has 3 aromatic heterocycles. The molecule has 1 aliphatic carbocycles. The predicted molar refractivity (Wildman–Crippen MR) is 177 cm³/mol. The molecule has 226 valence electrons. The van der Waals surface area contributed by atoms with E-state index in [1.54, 1.807) is 6.07 Å². The molecule has 7 heteroatoms. The molecule has 6 nitrogen and oxygen atoms in total. The topological polar surface area (TPSA) is 78.1 Å². The summed E-state index contributed by atoms with van der Waals surface area (Å²) in [6.45, 7) is 12.2. The molecule has 0 saturated carbocycles. The number of piperidine rings is 1. The Bertz CT molecular complexity index is 1660. The molecule has 2 aliphatic rings. The number of nitrogens with one attached hydrogen (secondary N) is 2. The zero-order valence-corrected chi connectivity index (χ0v) is 26.8. The van der Waals surface area contributed by atoms with Gasteiger partial charge in [-0.1, -0.05) is 51.5 Å². The summed E-state index contributed by atoms with van der Waals surface area (Å²) in [7, 11) is 0. The van der Waals surface area contributed by atoms with Crippen molar-refractivity contribution >= 4 is 27.5 Å². The number of hydrogen-bond acceptors (Lipinski definition) is 5. The Hall–Kier alpha value is -3.29. The average Bonchev–Trinajstić information content (AvgIpc) is 3.41. The first-order valence-corrected chi connectivity index (χ1v) is 16.7. The molecule has 4 aromatic rings. The van der Waals surface area contributed by atoms with Crippen LogP contribution < -0.4 is 10.9 Å². The predicted octanol–water partition coefficient (Wildman–Crippen LogP) is 7.46. The Morgan fingerprint density at radius 1 is 1.09 bits per heavy atom. The van der Waals surface area contributed by atoms with Crippen molar-refractivity contribution in [1.29, 1.82) is 0 Å². The summed E-state index contributed by atoms with van der Waals surface area (Å²) < 4.78 is 0. The van der Waals surface area contributed by atoms with E-state index in [1.807, 2.05) is 19.1 Å². The number of likely N-dealkylation sites (tertiary alicyclic amines) is 1. The van der Waals surface area contributed by atoms with Crippen molar-refractivity contribution < 1.29 is 4.79 Å². The lowest BCUT2D eigenvalue weighted by Crippen LogP contribution is -2.35. The zero-order chi connectivity index (χ0) is 30.1. The van der Waals surface area contributed by atoms with E-state index in [-0.39, 0.29) is 22.9 Å². The average molecular weight is 597 g/mol. The second kappa shape index (κ2) is 12.4. The van der Waals surface area contributed by atoms with Crippen LogP contribution in [0.4, 0.5) is 0 Å². The summed E-state index contributed by atoms with van der Waals surface area (Å²) in [6.07, 6.45) is 7.91. The molecule has 4 heterocycles. The highest BCUT2D eigenvalue weighted by Gasteiger charge is 2.30. The third kappa shape index (κ3) is 6.78. The van der Waals surface area contributed by atoms with Gasteiger partial charge >= 0.3 is 0 Å². The number of nitrogens with zero attached hydrogens (tertiary/aromatic N) is 2. The molecule has 1 amide bonds. The van der Waals surface area contributed by atoms with E-state index >= 15 is 0 Å². The molecule has 6 rings (SSSR count). The molecule has 0 unspecified atom stereocenters. The van der Waals surface area contributed by atoms with Gasteiger partial charge in [-0.2, -0.15) is 0 Å². The van der Waals surface area contributed by atoms with Crippen LogP contribution in [0.5, 0.6) is 0 Å². The molecule has 1 saturated heterocycles. The van der Waals surface area contributed by atoms with Gasteiger partial charge in [0.15, 0.2) is 0 Å². The summed E-state index contributed by atoms with van der Waals surface area (Å²) in [6, 6.07) is 16.1. The normalized spacial score (nSPS) is 18.4. The zero-order valence-electron chi connectivity index (χ0n) is 26.0. The van der Waals surface area contributed by atoms with Crippen LogP contribution in [0.2, 0.25) is 0 Å². The lowest BCUT2D eigenvalue weighted by molar-refractivity contribution is 0.0934. The quantitative estimate of drug-likeness (QED) is 0.232. The smallest absolute Gasteiger partial charge is 0.261 e. The second-order valence-corrected chi connectivity index (χ2v) is 14.6. The van der Waals surface area contributed by atoms with Crippen molar-refractivity contribution in [1.82, 2.24) is 20.2 Å². The van der Waals surface area contributed by atoms with E-state index in [0.717, 1.165) is 76.4 Å². The van der Waals surface area contributed by atoms with E-state index in [0.29, 0.717) is 5.92 Å². The molecular formula is C36H44N4O2S. The molecule has 0 bridgehead atoms. The first-order chi connectivity index (χ1) is 20.6. The van der Waals surface area contributed by atoms with Crippen LogP contribution in [-0.2, 0) is 12.8 Å². The minimum absolute atomic E-state index is 0.0299. The fraction of sp³-hybridized carbons (Fsp3) is 0.472. The summed E-state index contributed by atoms with van der Waals surface area (Å²) in [5.74, 6) is 0.624. The van der Waals surface area contributed by atoms with Crippen molar-refractivity contribution in [3.05, 3.63) is 86.3 Å².